The number of rotatable bonds is 5. The van der Waals surface area contributed by atoms with Crippen molar-refractivity contribution in [3.8, 4) is 0 Å². The number of amides is 1. The van der Waals surface area contributed by atoms with Crippen molar-refractivity contribution in [3.05, 3.63) is 59.7 Å². The Hall–Kier alpha value is -2.22. The Kier molecular flexibility index (Phi) is 5.13. The number of fused-ring (bicyclic) bond motifs is 1. The Bertz CT molecular complexity index is 913. The number of anilines is 1. The molecular formula is C19H23N3O3S. The summed E-state index contributed by atoms with van der Waals surface area (Å²) in [6, 6.07) is 14.7. The fourth-order valence-corrected chi connectivity index (χ4v) is 3.99. The van der Waals surface area contributed by atoms with Gasteiger partial charge in [0.1, 0.15) is 0 Å². The first-order valence-electron chi connectivity index (χ1n) is 8.46. The van der Waals surface area contributed by atoms with Crippen LogP contribution in [0.2, 0.25) is 0 Å². The Morgan fingerprint density at radius 2 is 1.92 bits per heavy atom. The zero-order chi connectivity index (χ0) is 18.9. The number of carbonyl (C=O) groups is 1. The van der Waals surface area contributed by atoms with E-state index in [2.05, 4.69) is 0 Å². The minimum absolute atomic E-state index is 0.00182. The predicted molar refractivity (Wildman–Crippen MR) is 101 cm³/mol. The van der Waals surface area contributed by atoms with Gasteiger partial charge in [0.05, 0.1) is 11.4 Å². The number of hydrogen-bond acceptors (Lipinski definition) is 4. The summed E-state index contributed by atoms with van der Waals surface area (Å²) in [4.78, 5) is 16.7. The molecule has 1 aliphatic rings. The average Bonchev–Trinajstić information content (AvgIpc) is 2.89. The number of benzene rings is 2. The van der Waals surface area contributed by atoms with E-state index in [0.717, 1.165) is 16.8 Å². The zero-order valence-corrected chi connectivity index (χ0v) is 15.7. The summed E-state index contributed by atoms with van der Waals surface area (Å²) in [5, 5.41) is 5.20. The molecule has 0 spiro atoms. The quantitative estimate of drug-likeness (QED) is 0.865. The summed E-state index contributed by atoms with van der Waals surface area (Å²) in [5.41, 5.74) is 2.75. The van der Waals surface area contributed by atoms with Gasteiger partial charge in [0.25, 0.3) is 0 Å². The number of sulfonamides is 1. The molecule has 0 unspecified atom stereocenters. The van der Waals surface area contributed by atoms with Crippen LogP contribution in [0.4, 0.5) is 5.69 Å². The van der Waals surface area contributed by atoms with E-state index in [0.29, 0.717) is 13.0 Å². The average molecular weight is 373 g/mol. The van der Waals surface area contributed by atoms with Gasteiger partial charge in [-0.3, -0.25) is 9.69 Å². The van der Waals surface area contributed by atoms with Gasteiger partial charge >= 0.3 is 0 Å². The minimum atomic E-state index is -3.74. The highest BCUT2D eigenvalue weighted by atomic mass is 32.2. The first-order valence-corrected chi connectivity index (χ1v) is 10.0. The van der Waals surface area contributed by atoms with Gasteiger partial charge in [-0.1, -0.05) is 30.3 Å². The van der Waals surface area contributed by atoms with E-state index in [9.17, 15) is 13.2 Å². The summed E-state index contributed by atoms with van der Waals surface area (Å²) in [6.07, 6.45) is 0.618. The SMILES string of the molecule is C[C@H]1Cc2cc(S(N)(=O)=O)ccc2N1C(=O)CN(C)Cc1ccccc1. The molecule has 3 rings (SSSR count). The maximum absolute atomic E-state index is 12.8. The van der Waals surface area contributed by atoms with Crippen LogP contribution < -0.4 is 10.0 Å². The van der Waals surface area contributed by atoms with E-state index in [1.165, 1.54) is 6.07 Å². The molecule has 1 amide bonds. The van der Waals surface area contributed by atoms with E-state index >= 15 is 0 Å². The molecule has 6 nitrogen and oxygen atoms in total. The van der Waals surface area contributed by atoms with Crippen molar-refractivity contribution in [2.75, 3.05) is 18.5 Å². The lowest BCUT2D eigenvalue weighted by Gasteiger charge is -2.26. The van der Waals surface area contributed by atoms with Crippen molar-refractivity contribution in [3.63, 3.8) is 0 Å². The molecular weight excluding hydrogens is 350 g/mol. The van der Waals surface area contributed by atoms with Crippen LogP contribution in [0.25, 0.3) is 0 Å². The Labute approximate surface area is 154 Å². The Morgan fingerprint density at radius 1 is 1.23 bits per heavy atom. The molecule has 1 atom stereocenters. The lowest BCUT2D eigenvalue weighted by molar-refractivity contribution is -0.119. The Balaban J connectivity index is 1.74. The molecule has 7 heteroatoms. The molecule has 0 aliphatic carbocycles. The highest BCUT2D eigenvalue weighted by molar-refractivity contribution is 7.89. The minimum Gasteiger partial charge on any atom is -0.308 e. The summed E-state index contributed by atoms with van der Waals surface area (Å²) in [7, 11) is -1.83. The number of nitrogens with zero attached hydrogens (tertiary/aromatic N) is 2. The molecule has 2 N–H and O–H groups in total. The van der Waals surface area contributed by atoms with Gasteiger partial charge in [-0.25, -0.2) is 13.6 Å². The van der Waals surface area contributed by atoms with Crippen molar-refractivity contribution in [2.45, 2.75) is 30.8 Å². The normalized spacial score (nSPS) is 16.8. The lowest BCUT2D eigenvalue weighted by atomic mass is 10.1. The maximum atomic E-state index is 12.8. The molecule has 1 aliphatic heterocycles. The van der Waals surface area contributed by atoms with E-state index in [4.69, 9.17) is 5.14 Å². The number of likely N-dealkylation sites (N-methyl/N-ethyl adjacent to an activating group) is 1. The first kappa shape index (κ1) is 18.6. The van der Waals surface area contributed by atoms with Crippen LogP contribution in [0.1, 0.15) is 18.1 Å². The predicted octanol–water partition coefficient (Wildman–Crippen LogP) is 1.74. The molecule has 2 aromatic carbocycles. The van der Waals surface area contributed by atoms with Crippen molar-refractivity contribution in [1.29, 1.82) is 0 Å². The van der Waals surface area contributed by atoms with Crippen LogP contribution >= 0.6 is 0 Å². The smallest absolute Gasteiger partial charge is 0.241 e. The molecule has 2 aromatic rings. The van der Waals surface area contributed by atoms with Gasteiger partial charge in [-0.05, 0) is 49.7 Å². The van der Waals surface area contributed by atoms with Crippen LogP contribution in [0.3, 0.4) is 0 Å². The molecule has 26 heavy (non-hydrogen) atoms. The summed E-state index contributed by atoms with van der Waals surface area (Å²) in [6.45, 7) is 2.94. The highest BCUT2D eigenvalue weighted by Gasteiger charge is 2.32. The van der Waals surface area contributed by atoms with Crippen LogP contribution in [0, 0.1) is 0 Å². The standard InChI is InChI=1S/C19H23N3O3S/c1-14-10-16-11-17(26(20,24)25)8-9-18(16)22(14)19(23)13-21(2)12-15-6-4-3-5-7-15/h3-9,11,14H,10,12-13H2,1-2H3,(H2,20,24,25)/t14-/m0/s1. The first-order chi connectivity index (χ1) is 12.3. The second-order valence-electron chi connectivity index (χ2n) is 6.81. The molecule has 0 saturated heterocycles. The van der Waals surface area contributed by atoms with Gasteiger partial charge in [0, 0.05) is 18.3 Å². The van der Waals surface area contributed by atoms with Crippen molar-refractivity contribution in [1.82, 2.24) is 4.90 Å². The van der Waals surface area contributed by atoms with Crippen molar-refractivity contribution >= 4 is 21.6 Å². The van der Waals surface area contributed by atoms with E-state index in [-0.39, 0.29) is 23.4 Å². The van der Waals surface area contributed by atoms with Gasteiger partial charge in [0.15, 0.2) is 0 Å². The van der Waals surface area contributed by atoms with Gasteiger partial charge in [-0.2, -0.15) is 0 Å². The molecule has 0 bridgehead atoms. The number of primary sulfonamides is 1. The lowest BCUT2D eigenvalue weighted by Crippen LogP contribution is -2.41. The second-order valence-corrected chi connectivity index (χ2v) is 8.37. The van der Waals surface area contributed by atoms with Gasteiger partial charge in [-0.15, -0.1) is 0 Å². The zero-order valence-electron chi connectivity index (χ0n) is 14.9. The largest absolute Gasteiger partial charge is 0.308 e. The third-order valence-electron chi connectivity index (χ3n) is 4.56. The highest BCUT2D eigenvalue weighted by Crippen LogP contribution is 2.33. The monoisotopic (exact) mass is 373 g/mol. The van der Waals surface area contributed by atoms with Crippen LogP contribution in [0.15, 0.2) is 53.4 Å². The van der Waals surface area contributed by atoms with Crippen LogP contribution in [-0.2, 0) is 27.8 Å². The molecule has 0 radical (unpaired) electrons. The third kappa shape index (κ3) is 3.95. The van der Waals surface area contributed by atoms with Gasteiger partial charge in [0.2, 0.25) is 15.9 Å². The fourth-order valence-electron chi connectivity index (χ4n) is 3.42. The summed E-state index contributed by atoms with van der Waals surface area (Å²) >= 11 is 0. The summed E-state index contributed by atoms with van der Waals surface area (Å²) < 4.78 is 23.1. The van der Waals surface area contributed by atoms with Crippen LogP contribution in [-0.4, -0.2) is 38.9 Å². The number of hydrogen-bond donors (Lipinski definition) is 1. The Morgan fingerprint density at radius 3 is 2.58 bits per heavy atom. The maximum Gasteiger partial charge on any atom is 0.241 e. The molecule has 1 heterocycles. The van der Waals surface area contributed by atoms with Gasteiger partial charge < -0.3 is 4.90 Å². The van der Waals surface area contributed by atoms with Crippen molar-refractivity contribution < 1.29 is 13.2 Å². The summed E-state index contributed by atoms with van der Waals surface area (Å²) in [5.74, 6) is -0.00182. The van der Waals surface area contributed by atoms with E-state index < -0.39 is 10.0 Å². The van der Waals surface area contributed by atoms with E-state index in [1.807, 2.05) is 49.2 Å². The van der Waals surface area contributed by atoms with Crippen molar-refractivity contribution in [2.24, 2.45) is 5.14 Å². The topological polar surface area (TPSA) is 83.7 Å². The molecule has 0 fully saturated rings. The fraction of sp³-hybridized carbons (Fsp3) is 0.316. The molecule has 0 saturated carbocycles. The van der Waals surface area contributed by atoms with E-state index in [1.54, 1.807) is 17.0 Å². The number of nitrogens with two attached hydrogens (primary N) is 1. The number of carbonyl (C=O) groups excluding carboxylic acids is 1. The van der Waals surface area contributed by atoms with Crippen LogP contribution in [0.5, 0.6) is 0 Å². The molecule has 138 valence electrons. The molecule has 0 aromatic heterocycles. The second kappa shape index (κ2) is 7.19. The third-order valence-corrected chi connectivity index (χ3v) is 5.48.